The van der Waals surface area contributed by atoms with Gasteiger partial charge in [-0.15, -0.1) is 0 Å². The minimum Gasteiger partial charge on any atom is -0.386 e. The van der Waals surface area contributed by atoms with E-state index in [9.17, 15) is 0 Å². The van der Waals surface area contributed by atoms with E-state index in [-0.39, 0.29) is 0 Å². The lowest BCUT2D eigenvalue weighted by Gasteiger charge is -2.08. The monoisotopic (exact) mass is 228 g/mol. The number of pyridine rings is 1. The van der Waals surface area contributed by atoms with E-state index in [1.807, 2.05) is 13.1 Å². The van der Waals surface area contributed by atoms with Crippen molar-refractivity contribution in [2.75, 3.05) is 17.7 Å². The molecule has 0 bridgehead atoms. The number of anilines is 3. The summed E-state index contributed by atoms with van der Waals surface area (Å²) < 4.78 is 0. The van der Waals surface area contributed by atoms with Crippen molar-refractivity contribution in [1.82, 2.24) is 15.0 Å². The van der Waals surface area contributed by atoms with Crippen LogP contribution >= 0.6 is 0 Å². The normalized spacial score (nSPS) is 9.71. The van der Waals surface area contributed by atoms with Gasteiger partial charge in [-0.2, -0.15) is 0 Å². The second-order valence-electron chi connectivity index (χ2n) is 3.21. The lowest BCUT2D eigenvalue weighted by Crippen LogP contribution is -1.98. The minimum atomic E-state index is 0.640. The summed E-state index contributed by atoms with van der Waals surface area (Å²) in [4.78, 5) is 16.1. The molecule has 0 aromatic carbocycles. The first-order valence-corrected chi connectivity index (χ1v) is 5.01. The standard InChI is InChI=1S/C11H12N6/c1-12-8-5-10(16-6-9(8)13-2)17-11-7-14-3-4-15-11/h3-7H,2H2,1H3,(H2,12,15,16,17). The molecule has 0 amide bonds. The summed E-state index contributed by atoms with van der Waals surface area (Å²) in [5.41, 5.74) is 1.55. The van der Waals surface area contributed by atoms with E-state index < -0.39 is 0 Å². The van der Waals surface area contributed by atoms with E-state index in [4.69, 9.17) is 0 Å². The number of rotatable bonds is 4. The van der Waals surface area contributed by atoms with Gasteiger partial charge >= 0.3 is 0 Å². The highest BCUT2D eigenvalue weighted by Crippen LogP contribution is 2.26. The molecule has 0 radical (unpaired) electrons. The maximum Gasteiger partial charge on any atom is 0.150 e. The van der Waals surface area contributed by atoms with Gasteiger partial charge in [-0.05, 0) is 6.72 Å². The zero-order valence-corrected chi connectivity index (χ0v) is 9.38. The Balaban J connectivity index is 2.25. The van der Waals surface area contributed by atoms with Crippen LogP contribution in [0, 0.1) is 0 Å². The Bertz CT molecular complexity index is 511. The van der Waals surface area contributed by atoms with Crippen LogP contribution in [0.1, 0.15) is 0 Å². The van der Waals surface area contributed by atoms with Crippen molar-refractivity contribution in [1.29, 1.82) is 0 Å². The van der Waals surface area contributed by atoms with Crippen LogP contribution in [-0.2, 0) is 0 Å². The third-order valence-corrected chi connectivity index (χ3v) is 2.14. The summed E-state index contributed by atoms with van der Waals surface area (Å²) in [5, 5.41) is 6.07. The average Bonchev–Trinajstić information content (AvgIpc) is 2.40. The lowest BCUT2D eigenvalue weighted by molar-refractivity contribution is 1.18. The number of aliphatic imine (C=N–C) groups is 1. The molecule has 0 saturated heterocycles. The first-order valence-electron chi connectivity index (χ1n) is 5.01. The molecule has 0 saturated carbocycles. The van der Waals surface area contributed by atoms with E-state index in [1.165, 1.54) is 0 Å². The van der Waals surface area contributed by atoms with Crippen LogP contribution in [0.25, 0.3) is 0 Å². The number of hydrogen-bond acceptors (Lipinski definition) is 6. The lowest BCUT2D eigenvalue weighted by atomic mass is 10.3. The molecule has 2 heterocycles. The fourth-order valence-electron chi connectivity index (χ4n) is 1.34. The number of nitrogens with zero attached hydrogens (tertiary/aromatic N) is 4. The molecular weight excluding hydrogens is 216 g/mol. The van der Waals surface area contributed by atoms with Gasteiger partial charge in [0.25, 0.3) is 0 Å². The summed E-state index contributed by atoms with van der Waals surface area (Å²) in [7, 11) is 1.82. The van der Waals surface area contributed by atoms with Crippen molar-refractivity contribution in [2.45, 2.75) is 0 Å². The van der Waals surface area contributed by atoms with Crippen molar-refractivity contribution >= 4 is 29.7 Å². The molecule has 2 N–H and O–H groups in total. The second kappa shape index (κ2) is 5.02. The van der Waals surface area contributed by atoms with Crippen LogP contribution in [0.4, 0.5) is 23.0 Å². The Kier molecular flexibility index (Phi) is 3.25. The summed E-state index contributed by atoms with van der Waals surface area (Å²) in [6, 6.07) is 1.83. The molecular formula is C11H12N6. The molecule has 0 atom stereocenters. The largest absolute Gasteiger partial charge is 0.386 e. The van der Waals surface area contributed by atoms with Crippen molar-refractivity contribution in [2.24, 2.45) is 4.99 Å². The van der Waals surface area contributed by atoms with E-state index in [0.29, 0.717) is 17.3 Å². The van der Waals surface area contributed by atoms with Crippen LogP contribution in [0.5, 0.6) is 0 Å². The van der Waals surface area contributed by atoms with Gasteiger partial charge in [0.05, 0.1) is 18.1 Å². The van der Waals surface area contributed by atoms with Gasteiger partial charge in [0.15, 0.2) is 0 Å². The first kappa shape index (κ1) is 11.0. The molecule has 0 aliphatic heterocycles. The minimum absolute atomic E-state index is 0.640. The zero-order chi connectivity index (χ0) is 12.1. The van der Waals surface area contributed by atoms with Gasteiger partial charge in [0.1, 0.15) is 17.3 Å². The topological polar surface area (TPSA) is 75.1 Å². The highest BCUT2D eigenvalue weighted by Gasteiger charge is 2.03. The molecule has 17 heavy (non-hydrogen) atoms. The average molecular weight is 228 g/mol. The molecule has 0 unspecified atom stereocenters. The molecule has 0 spiro atoms. The fourth-order valence-corrected chi connectivity index (χ4v) is 1.34. The second-order valence-corrected chi connectivity index (χ2v) is 3.21. The van der Waals surface area contributed by atoms with Crippen molar-refractivity contribution in [3.8, 4) is 0 Å². The van der Waals surface area contributed by atoms with E-state index in [0.717, 1.165) is 5.69 Å². The highest BCUT2D eigenvalue weighted by atomic mass is 15.1. The summed E-state index contributed by atoms with van der Waals surface area (Å²) in [6.07, 6.45) is 6.49. The Morgan fingerprint density at radius 2 is 2.06 bits per heavy atom. The molecule has 0 aliphatic rings. The van der Waals surface area contributed by atoms with Gasteiger partial charge in [-0.1, -0.05) is 0 Å². The number of nitrogens with one attached hydrogen (secondary N) is 2. The molecule has 2 aromatic heterocycles. The van der Waals surface area contributed by atoms with Crippen LogP contribution in [0.3, 0.4) is 0 Å². The molecule has 86 valence electrons. The number of aromatic nitrogens is 3. The highest BCUT2D eigenvalue weighted by molar-refractivity contribution is 5.71. The van der Waals surface area contributed by atoms with Gasteiger partial charge in [-0.3, -0.25) is 9.98 Å². The third kappa shape index (κ3) is 2.54. The molecule has 2 rings (SSSR count). The predicted octanol–water partition coefficient (Wildman–Crippen LogP) is 1.99. The van der Waals surface area contributed by atoms with Crippen LogP contribution in [0.2, 0.25) is 0 Å². The summed E-state index contributed by atoms with van der Waals surface area (Å²) in [6.45, 7) is 3.48. The first-order chi connectivity index (χ1) is 8.33. The Morgan fingerprint density at radius 3 is 2.71 bits per heavy atom. The van der Waals surface area contributed by atoms with Crippen molar-refractivity contribution < 1.29 is 0 Å². The molecule has 0 aliphatic carbocycles. The maximum atomic E-state index is 4.20. The van der Waals surface area contributed by atoms with Crippen LogP contribution in [-0.4, -0.2) is 28.7 Å². The van der Waals surface area contributed by atoms with Gasteiger partial charge in [-0.25, -0.2) is 9.97 Å². The quantitative estimate of drug-likeness (QED) is 0.783. The van der Waals surface area contributed by atoms with Crippen molar-refractivity contribution in [3.05, 3.63) is 30.9 Å². The van der Waals surface area contributed by atoms with E-state index >= 15 is 0 Å². The van der Waals surface area contributed by atoms with Crippen LogP contribution in [0.15, 0.2) is 35.8 Å². The van der Waals surface area contributed by atoms with Gasteiger partial charge in [0, 0.05) is 25.5 Å². The van der Waals surface area contributed by atoms with Gasteiger partial charge in [0.2, 0.25) is 0 Å². The number of hydrogen-bond donors (Lipinski definition) is 2. The van der Waals surface area contributed by atoms with E-state index in [2.05, 4.69) is 37.3 Å². The fraction of sp³-hybridized carbons (Fsp3) is 0.0909. The Labute approximate surface area is 98.9 Å². The van der Waals surface area contributed by atoms with Crippen molar-refractivity contribution in [3.63, 3.8) is 0 Å². The summed E-state index contributed by atoms with van der Waals surface area (Å²) >= 11 is 0. The molecule has 2 aromatic rings. The molecule has 6 heteroatoms. The zero-order valence-electron chi connectivity index (χ0n) is 9.38. The molecule has 0 fully saturated rings. The smallest absolute Gasteiger partial charge is 0.150 e. The summed E-state index contributed by atoms with van der Waals surface area (Å²) in [5.74, 6) is 1.31. The van der Waals surface area contributed by atoms with E-state index in [1.54, 1.807) is 24.8 Å². The maximum absolute atomic E-state index is 4.20. The SMILES string of the molecule is C=Nc1cnc(Nc2cnccn2)cc1NC. The van der Waals surface area contributed by atoms with Gasteiger partial charge < -0.3 is 10.6 Å². The Hall–Kier alpha value is -2.50. The van der Waals surface area contributed by atoms with Crippen LogP contribution < -0.4 is 10.6 Å². The predicted molar refractivity (Wildman–Crippen MR) is 68.3 cm³/mol. The Morgan fingerprint density at radius 1 is 1.18 bits per heavy atom. The third-order valence-electron chi connectivity index (χ3n) is 2.14. The molecule has 6 nitrogen and oxygen atoms in total.